The van der Waals surface area contributed by atoms with Crippen molar-refractivity contribution in [2.24, 2.45) is 5.92 Å². The van der Waals surface area contributed by atoms with Gasteiger partial charge in [-0.1, -0.05) is 0 Å². The van der Waals surface area contributed by atoms with Crippen LogP contribution in [0.5, 0.6) is 5.75 Å². The number of pyridine rings is 1. The van der Waals surface area contributed by atoms with Gasteiger partial charge in [0, 0.05) is 18.0 Å². The van der Waals surface area contributed by atoms with Gasteiger partial charge in [-0.15, -0.1) is 0 Å². The molecule has 0 aliphatic carbocycles. The molecule has 4 heteroatoms. The Morgan fingerprint density at radius 2 is 2.25 bits per heavy atom. The zero-order chi connectivity index (χ0) is 11.4. The van der Waals surface area contributed by atoms with E-state index in [1.807, 2.05) is 0 Å². The lowest BCUT2D eigenvalue weighted by atomic mass is 9.88. The standard InChI is InChI=1S/C12H18N2O2/c1-16-11-4-7-14-8-10(11)12(15)9-2-5-13-6-3-9/h4,7-9,12-13,15H,2-3,5-6H2,1H3. The van der Waals surface area contributed by atoms with E-state index in [9.17, 15) is 5.11 Å². The molecular weight excluding hydrogens is 204 g/mol. The molecule has 0 bridgehead atoms. The van der Waals surface area contributed by atoms with E-state index >= 15 is 0 Å². The van der Waals surface area contributed by atoms with Gasteiger partial charge in [-0.25, -0.2) is 0 Å². The van der Waals surface area contributed by atoms with E-state index in [0.717, 1.165) is 37.2 Å². The Bertz CT molecular complexity index is 338. The van der Waals surface area contributed by atoms with Gasteiger partial charge < -0.3 is 15.2 Å². The molecular formula is C12H18N2O2. The smallest absolute Gasteiger partial charge is 0.127 e. The lowest BCUT2D eigenvalue weighted by Gasteiger charge is -2.27. The van der Waals surface area contributed by atoms with Crippen molar-refractivity contribution in [3.8, 4) is 5.75 Å². The van der Waals surface area contributed by atoms with Gasteiger partial charge >= 0.3 is 0 Å². The fraction of sp³-hybridized carbons (Fsp3) is 0.583. The van der Waals surface area contributed by atoms with Crippen LogP contribution in [0.15, 0.2) is 18.5 Å². The van der Waals surface area contributed by atoms with E-state index in [4.69, 9.17) is 4.74 Å². The van der Waals surface area contributed by atoms with E-state index in [1.54, 1.807) is 25.6 Å². The zero-order valence-electron chi connectivity index (χ0n) is 9.52. The van der Waals surface area contributed by atoms with Gasteiger partial charge in [0.05, 0.1) is 13.2 Å². The van der Waals surface area contributed by atoms with Crippen LogP contribution >= 0.6 is 0 Å². The Balaban J connectivity index is 2.15. The van der Waals surface area contributed by atoms with Crippen LogP contribution in [0.4, 0.5) is 0 Å². The summed E-state index contributed by atoms with van der Waals surface area (Å²) in [5.74, 6) is 1.03. The average molecular weight is 222 g/mol. The highest BCUT2D eigenvalue weighted by atomic mass is 16.5. The fourth-order valence-corrected chi connectivity index (χ4v) is 2.22. The number of hydrogen-bond acceptors (Lipinski definition) is 4. The van der Waals surface area contributed by atoms with Crippen molar-refractivity contribution in [2.75, 3.05) is 20.2 Å². The second-order valence-electron chi connectivity index (χ2n) is 4.15. The van der Waals surface area contributed by atoms with Crippen molar-refractivity contribution in [2.45, 2.75) is 18.9 Å². The summed E-state index contributed by atoms with van der Waals surface area (Å²) in [6.45, 7) is 1.95. The van der Waals surface area contributed by atoms with E-state index in [-0.39, 0.29) is 0 Å². The van der Waals surface area contributed by atoms with Gasteiger partial charge in [-0.3, -0.25) is 4.98 Å². The number of nitrogens with one attached hydrogen (secondary N) is 1. The molecule has 1 fully saturated rings. The fourth-order valence-electron chi connectivity index (χ4n) is 2.22. The van der Waals surface area contributed by atoms with Gasteiger partial charge in [0.25, 0.3) is 0 Å². The van der Waals surface area contributed by atoms with Crippen molar-refractivity contribution >= 4 is 0 Å². The first-order valence-electron chi connectivity index (χ1n) is 5.69. The molecule has 4 nitrogen and oxygen atoms in total. The van der Waals surface area contributed by atoms with Crippen molar-refractivity contribution in [1.29, 1.82) is 0 Å². The summed E-state index contributed by atoms with van der Waals surface area (Å²) < 4.78 is 5.24. The van der Waals surface area contributed by atoms with Crippen molar-refractivity contribution in [3.05, 3.63) is 24.0 Å². The molecule has 0 saturated carbocycles. The molecule has 0 aromatic carbocycles. The quantitative estimate of drug-likeness (QED) is 0.804. The Morgan fingerprint density at radius 1 is 1.50 bits per heavy atom. The lowest BCUT2D eigenvalue weighted by Crippen LogP contribution is -2.31. The maximum Gasteiger partial charge on any atom is 0.127 e. The molecule has 2 heterocycles. The minimum Gasteiger partial charge on any atom is -0.496 e. The molecule has 1 aromatic rings. The third kappa shape index (κ3) is 2.33. The highest BCUT2D eigenvalue weighted by Crippen LogP contribution is 2.33. The third-order valence-electron chi connectivity index (χ3n) is 3.18. The molecule has 2 N–H and O–H groups in total. The number of hydrogen-bond donors (Lipinski definition) is 2. The first-order chi connectivity index (χ1) is 7.83. The second-order valence-corrected chi connectivity index (χ2v) is 4.15. The van der Waals surface area contributed by atoms with Gasteiger partial charge in [-0.05, 0) is 37.9 Å². The largest absolute Gasteiger partial charge is 0.496 e. The predicted molar refractivity (Wildman–Crippen MR) is 61.3 cm³/mol. The first kappa shape index (κ1) is 11.4. The maximum atomic E-state index is 10.3. The minimum atomic E-state index is -0.467. The molecule has 1 aliphatic rings. The molecule has 1 saturated heterocycles. The van der Waals surface area contributed by atoms with Crippen molar-refractivity contribution < 1.29 is 9.84 Å². The normalized spacial score (nSPS) is 19.4. The van der Waals surface area contributed by atoms with Gasteiger partial charge in [0.2, 0.25) is 0 Å². The molecule has 16 heavy (non-hydrogen) atoms. The number of aliphatic hydroxyl groups is 1. The highest BCUT2D eigenvalue weighted by Gasteiger charge is 2.25. The van der Waals surface area contributed by atoms with E-state index in [1.165, 1.54) is 0 Å². The summed E-state index contributed by atoms with van der Waals surface area (Å²) in [5, 5.41) is 13.6. The molecule has 1 aromatic heterocycles. The second kappa shape index (κ2) is 5.27. The molecule has 0 spiro atoms. The monoisotopic (exact) mass is 222 g/mol. The highest BCUT2D eigenvalue weighted by molar-refractivity contribution is 5.32. The van der Waals surface area contributed by atoms with Gasteiger partial charge in [-0.2, -0.15) is 0 Å². The van der Waals surface area contributed by atoms with Gasteiger partial charge in [0.15, 0.2) is 0 Å². The first-order valence-corrected chi connectivity index (χ1v) is 5.69. The Hall–Kier alpha value is -1.13. The molecule has 88 valence electrons. The number of methoxy groups -OCH3 is 1. The van der Waals surface area contributed by atoms with Crippen molar-refractivity contribution in [1.82, 2.24) is 10.3 Å². The summed E-state index contributed by atoms with van der Waals surface area (Å²) in [4.78, 5) is 4.05. The topological polar surface area (TPSA) is 54.4 Å². The van der Waals surface area contributed by atoms with E-state index in [2.05, 4.69) is 10.3 Å². The van der Waals surface area contributed by atoms with Crippen molar-refractivity contribution in [3.63, 3.8) is 0 Å². The lowest BCUT2D eigenvalue weighted by molar-refractivity contribution is 0.0861. The summed E-state index contributed by atoms with van der Waals surface area (Å²) in [6, 6.07) is 1.79. The Morgan fingerprint density at radius 3 is 2.94 bits per heavy atom. The van der Waals surface area contributed by atoms with Crippen LogP contribution in [0.1, 0.15) is 24.5 Å². The van der Waals surface area contributed by atoms with Crippen LogP contribution < -0.4 is 10.1 Å². The average Bonchev–Trinajstić information content (AvgIpc) is 2.39. The number of ether oxygens (including phenoxy) is 1. The van der Waals surface area contributed by atoms with Crippen LogP contribution in [0, 0.1) is 5.92 Å². The van der Waals surface area contributed by atoms with Crippen LogP contribution in [0.2, 0.25) is 0 Å². The van der Waals surface area contributed by atoms with Crippen LogP contribution in [-0.2, 0) is 0 Å². The molecule has 0 amide bonds. The Labute approximate surface area is 95.7 Å². The van der Waals surface area contributed by atoms with E-state index in [0.29, 0.717) is 5.92 Å². The molecule has 1 aliphatic heterocycles. The molecule has 0 radical (unpaired) electrons. The summed E-state index contributed by atoms with van der Waals surface area (Å²) >= 11 is 0. The van der Waals surface area contributed by atoms with E-state index < -0.39 is 6.10 Å². The minimum absolute atomic E-state index is 0.305. The maximum absolute atomic E-state index is 10.3. The number of piperidine rings is 1. The number of rotatable bonds is 3. The molecule has 2 rings (SSSR count). The molecule has 1 atom stereocenters. The van der Waals surface area contributed by atoms with Crippen LogP contribution in [-0.4, -0.2) is 30.3 Å². The summed E-state index contributed by atoms with van der Waals surface area (Å²) in [7, 11) is 1.62. The Kier molecular flexibility index (Phi) is 3.74. The zero-order valence-corrected chi connectivity index (χ0v) is 9.52. The number of nitrogens with zero attached hydrogens (tertiary/aromatic N) is 1. The van der Waals surface area contributed by atoms with Crippen LogP contribution in [0.25, 0.3) is 0 Å². The SMILES string of the molecule is COc1ccncc1C(O)C1CCNCC1. The summed E-state index contributed by atoms with van der Waals surface area (Å²) in [5.41, 5.74) is 0.803. The third-order valence-corrected chi connectivity index (χ3v) is 3.18. The number of aliphatic hydroxyl groups excluding tert-OH is 1. The predicted octanol–water partition coefficient (Wildman–Crippen LogP) is 1.12. The van der Waals surface area contributed by atoms with Crippen LogP contribution in [0.3, 0.4) is 0 Å². The van der Waals surface area contributed by atoms with Gasteiger partial charge in [0.1, 0.15) is 5.75 Å². The number of aromatic nitrogens is 1. The molecule has 1 unspecified atom stereocenters. The summed E-state index contributed by atoms with van der Waals surface area (Å²) in [6.07, 6.45) is 4.91.